The highest BCUT2D eigenvalue weighted by Crippen LogP contribution is 2.35. The third-order valence-electron chi connectivity index (χ3n) is 6.26. The van der Waals surface area contributed by atoms with Gasteiger partial charge in [-0.1, -0.05) is 43.3 Å². The number of amides is 4. The van der Waals surface area contributed by atoms with Crippen molar-refractivity contribution in [2.24, 2.45) is 5.90 Å². The number of hydrogen-bond donors (Lipinski definition) is 2. The van der Waals surface area contributed by atoms with E-state index < -0.39 is 6.03 Å². The first-order valence-electron chi connectivity index (χ1n) is 11.5. The van der Waals surface area contributed by atoms with Crippen molar-refractivity contribution in [1.29, 1.82) is 0 Å². The molecule has 0 fully saturated rings. The van der Waals surface area contributed by atoms with Crippen LogP contribution in [0, 0.1) is 0 Å². The van der Waals surface area contributed by atoms with Gasteiger partial charge < -0.3 is 10.2 Å². The number of fused-ring (bicyclic) bond motifs is 2. The molecule has 0 radical (unpaired) electrons. The van der Waals surface area contributed by atoms with Crippen LogP contribution in [0.4, 0.5) is 4.79 Å². The second kappa shape index (κ2) is 11.0. The monoisotopic (exact) mass is 497 g/mol. The molecule has 3 aromatic rings. The number of carbonyl (C=O) groups is 3. The van der Waals surface area contributed by atoms with Crippen molar-refractivity contribution in [3.63, 3.8) is 0 Å². The Morgan fingerprint density at radius 3 is 2.57 bits per heavy atom. The molecule has 0 aromatic heterocycles. The lowest BCUT2D eigenvalue weighted by Gasteiger charge is -2.30. The number of hydroxylamine groups is 2. The zero-order valence-corrected chi connectivity index (χ0v) is 20.3. The van der Waals surface area contributed by atoms with Gasteiger partial charge >= 0.3 is 6.03 Å². The van der Waals surface area contributed by atoms with Crippen LogP contribution in [0.15, 0.2) is 48.5 Å². The molecular formula is C25H28ClN5O4. The maximum Gasteiger partial charge on any atom is 0.342 e. The van der Waals surface area contributed by atoms with Crippen LogP contribution in [-0.2, 0) is 4.94 Å². The molecule has 0 bridgehead atoms. The Morgan fingerprint density at radius 1 is 1.06 bits per heavy atom. The van der Waals surface area contributed by atoms with Crippen molar-refractivity contribution in [2.45, 2.75) is 6.92 Å². The third kappa shape index (κ3) is 4.94. The summed E-state index contributed by atoms with van der Waals surface area (Å²) < 4.78 is 0. The summed E-state index contributed by atoms with van der Waals surface area (Å²) >= 11 is 5.63. The van der Waals surface area contributed by atoms with Crippen LogP contribution >= 0.6 is 11.6 Å². The molecule has 0 spiro atoms. The minimum absolute atomic E-state index is 0.156. The number of rotatable bonds is 10. The van der Waals surface area contributed by atoms with E-state index in [0.717, 1.165) is 26.6 Å². The summed E-state index contributed by atoms with van der Waals surface area (Å²) in [4.78, 5) is 46.9. The third-order valence-corrected chi connectivity index (χ3v) is 6.42. The fraction of sp³-hybridized carbons (Fsp3) is 0.320. The number of halogens is 1. The highest BCUT2D eigenvalue weighted by molar-refractivity contribution is 6.30. The SMILES string of the molecule is CCN(CCNC(=O)N(CCCl)ON)CCN1C(=O)c2cccc3cc4ccccc4c(c23)C1=O. The van der Waals surface area contributed by atoms with Crippen LogP contribution in [-0.4, -0.2) is 77.9 Å². The lowest BCUT2D eigenvalue weighted by atomic mass is 9.89. The highest BCUT2D eigenvalue weighted by Gasteiger charge is 2.34. The number of nitrogens with one attached hydrogen (secondary N) is 1. The van der Waals surface area contributed by atoms with Crippen molar-refractivity contribution in [1.82, 2.24) is 20.2 Å². The van der Waals surface area contributed by atoms with Gasteiger partial charge in [-0.3, -0.25) is 14.5 Å². The average molecular weight is 498 g/mol. The zero-order valence-electron chi connectivity index (χ0n) is 19.5. The van der Waals surface area contributed by atoms with Gasteiger partial charge in [0.2, 0.25) is 0 Å². The first-order valence-corrected chi connectivity index (χ1v) is 12.0. The van der Waals surface area contributed by atoms with Crippen LogP contribution in [0.2, 0.25) is 0 Å². The van der Waals surface area contributed by atoms with Gasteiger partial charge in [0, 0.05) is 43.0 Å². The number of imide groups is 1. The second-order valence-corrected chi connectivity index (χ2v) is 8.58. The molecule has 1 aliphatic rings. The van der Waals surface area contributed by atoms with Crippen LogP contribution in [0.1, 0.15) is 27.6 Å². The van der Waals surface area contributed by atoms with Gasteiger partial charge in [-0.15, -0.1) is 11.6 Å². The van der Waals surface area contributed by atoms with Crippen LogP contribution in [0.3, 0.4) is 0 Å². The zero-order chi connectivity index (χ0) is 24.9. The number of carbonyl (C=O) groups excluding carboxylic acids is 3. The van der Waals surface area contributed by atoms with Crippen LogP contribution < -0.4 is 11.2 Å². The number of benzene rings is 3. The summed E-state index contributed by atoms with van der Waals surface area (Å²) in [6.45, 7) is 4.38. The van der Waals surface area contributed by atoms with Crippen molar-refractivity contribution in [3.8, 4) is 0 Å². The van der Waals surface area contributed by atoms with E-state index in [-0.39, 0.29) is 30.8 Å². The number of hydrogen-bond acceptors (Lipinski definition) is 6. The van der Waals surface area contributed by atoms with Gasteiger partial charge in [0.25, 0.3) is 11.8 Å². The molecule has 1 aliphatic heterocycles. The minimum atomic E-state index is -0.484. The number of alkyl halides is 1. The summed E-state index contributed by atoms with van der Waals surface area (Å²) in [6, 6.07) is 14.8. The maximum atomic E-state index is 13.6. The predicted molar refractivity (Wildman–Crippen MR) is 135 cm³/mol. The second-order valence-electron chi connectivity index (χ2n) is 8.20. The van der Waals surface area contributed by atoms with Crippen LogP contribution in [0.5, 0.6) is 0 Å². The molecule has 9 nitrogen and oxygen atoms in total. The largest absolute Gasteiger partial charge is 0.342 e. The molecule has 35 heavy (non-hydrogen) atoms. The molecular weight excluding hydrogens is 470 g/mol. The van der Waals surface area contributed by atoms with E-state index in [2.05, 4.69) is 15.2 Å². The molecule has 0 aliphatic carbocycles. The Balaban J connectivity index is 1.48. The summed E-state index contributed by atoms with van der Waals surface area (Å²) in [5, 5.41) is 7.07. The highest BCUT2D eigenvalue weighted by atomic mass is 35.5. The first-order chi connectivity index (χ1) is 17.0. The minimum Gasteiger partial charge on any atom is -0.335 e. The Hall–Kier alpha value is -3.24. The topological polar surface area (TPSA) is 108 Å². The Bertz CT molecular complexity index is 1270. The van der Waals surface area contributed by atoms with E-state index in [4.69, 9.17) is 17.5 Å². The number of nitrogens with zero attached hydrogens (tertiary/aromatic N) is 3. The van der Waals surface area contributed by atoms with E-state index >= 15 is 0 Å². The molecule has 1 heterocycles. The lowest BCUT2D eigenvalue weighted by Crippen LogP contribution is -2.47. The molecule has 4 rings (SSSR count). The fourth-order valence-electron chi connectivity index (χ4n) is 4.46. The van der Waals surface area contributed by atoms with Gasteiger partial charge in [0.05, 0.1) is 12.1 Å². The summed E-state index contributed by atoms with van der Waals surface area (Å²) in [6.07, 6.45) is 0. The molecule has 3 aromatic carbocycles. The Kier molecular flexibility index (Phi) is 7.82. The van der Waals surface area contributed by atoms with E-state index in [1.165, 1.54) is 4.90 Å². The summed E-state index contributed by atoms with van der Waals surface area (Å²) in [7, 11) is 0. The molecule has 0 unspecified atom stereocenters. The van der Waals surface area contributed by atoms with E-state index in [1.54, 1.807) is 6.07 Å². The molecule has 4 amide bonds. The van der Waals surface area contributed by atoms with Gasteiger partial charge in [0.1, 0.15) is 0 Å². The van der Waals surface area contributed by atoms with Crippen molar-refractivity contribution >= 4 is 51.0 Å². The number of likely N-dealkylation sites (N-methyl/N-ethyl adjacent to an activating group) is 1. The lowest BCUT2D eigenvalue weighted by molar-refractivity contribution is -0.117. The summed E-state index contributed by atoms with van der Waals surface area (Å²) in [5.41, 5.74) is 1.11. The predicted octanol–water partition coefficient (Wildman–Crippen LogP) is 2.97. The smallest absolute Gasteiger partial charge is 0.335 e. The van der Waals surface area contributed by atoms with Gasteiger partial charge in [-0.2, -0.15) is 15.9 Å². The summed E-state index contributed by atoms with van der Waals surface area (Å²) in [5.74, 6) is 4.72. The Morgan fingerprint density at radius 2 is 1.83 bits per heavy atom. The molecule has 0 saturated heterocycles. The molecule has 184 valence electrons. The van der Waals surface area contributed by atoms with E-state index in [1.807, 2.05) is 49.4 Å². The molecule has 0 atom stereocenters. The van der Waals surface area contributed by atoms with Gasteiger partial charge in [-0.05, 0) is 34.8 Å². The van der Waals surface area contributed by atoms with Crippen LogP contribution in [0.25, 0.3) is 21.5 Å². The number of nitrogens with two attached hydrogens (primary N) is 1. The standard InChI is InChI=1S/C25H28ClN5O4/c1-2-29(13-11-28-25(34)31(35-27)12-10-26)14-15-30-23(32)20-9-5-7-18-16-17-6-3-4-8-19(17)22(21(18)20)24(30)33/h3-9,16H,2,10-15,27H2,1H3,(H,28,34). The van der Waals surface area contributed by atoms with E-state index in [0.29, 0.717) is 37.3 Å². The van der Waals surface area contributed by atoms with Gasteiger partial charge in [0.15, 0.2) is 0 Å². The number of urea groups is 1. The van der Waals surface area contributed by atoms with Crippen molar-refractivity contribution in [2.75, 3.05) is 45.1 Å². The molecule has 10 heteroatoms. The normalized spacial score (nSPS) is 13.2. The average Bonchev–Trinajstić information content (AvgIpc) is 2.87. The van der Waals surface area contributed by atoms with E-state index in [9.17, 15) is 14.4 Å². The molecule has 3 N–H and O–H groups in total. The molecule has 0 saturated carbocycles. The van der Waals surface area contributed by atoms with Crippen molar-refractivity contribution in [3.05, 3.63) is 59.7 Å². The Labute approximate surface area is 208 Å². The van der Waals surface area contributed by atoms with Crippen molar-refractivity contribution < 1.29 is 19.3 Å². The van der Waals surface area contributed by atoms with Gasteiger partial charge in [-0.25, -0.2) is 4.79 Å². The quantitative estimate of drug-likeness (QED) is 0.193. The maximum absolute atomic E-state index is 13.6. The fourth-order valence-corrected chi connectivity index (χ4v) is 4.61. The first kappa shape index (κ1) is 24.9.